The van der Waals surface area contributed by atoms with Crippen molar-refractivity contribution in [2.45, 2.75) is 0 Å². The largest absolute Gasteiger partial charge is 0.493 e. The van der Waals surface area contributed by atoms with Gasteiger partial charge in [0, 0.05) is 18.3 Å². The van der Waals surface area contributed by atoms with E-state index in [9.17, 15) is 4.79 Å². The van der Waals surface area contributed by atoms with Crippen LogP contribution in [0.4, 0.5) is 5.69 Å². The quantitative estimate of drug-likeness (QED) is 0.233. The molecule has 0 radical (unpaired) electrons. The number of anilines is 1. The molecule has 0 aliphatic rings. The predicted octanol–water partition coefficient (Wildman–Crippen LogP) is 3.13. The summed E-state index contributed by atoms with van der Waals surface area (Å²) in [6.45, 7) is 0.653. The Morgan fingerprint density at radius 1 is 1.15 bits per heavy atom. The number of guanidine groups is 1. The van der Waals surface area contributed by atoms with Crippen LogP contribution in [0.5, 0.6) is 11.5 Å². The number of ether oxygens (including phenoxy) is 2. The molecule has 2 aromatic carbocycles. The summed E-state index contributed by atoms with van der Waals surface area (Å²) in [6.07, 6.45) is 0. The number of halogens is 2. The zero-order chi connectivity index (χ0) is 18.9. The second-order valence-electron chi connectivity index (χ2n) is 5.20. The fourth-order valence-electron chi connectivity index (χ4n) is 2.19. The van der Waals surface area contributed by atoms with Crippen LogP contribution >= 0.6 is 35.6 Å². The number of nitrogens with one attached hydrogen (secondary N) is 2. The summed E-state index contributed by atoms with van der Waals surface area (Å²) in [5.74, 6) is 1.18. The van der Waals surface area contributed by atoms with Gasteiger partial charge in [-0.15, -0.1) is 24.0 Å². The Kier molecular flexibility index (Phi) is 9.73. The zero-order valence-corrected chi connectivity index (χ0v) is 18.1. The van der Waals surface area contributed by atoms with Gasteiger partial charge in [0.25, 0.3) is 5.91 Å². The molecule has 27 heavy (non-hydrogen) atoms. The minimum absolute atomic E-state index is 0. The van der Waals surface area contributed by atoms with Crippen LogP contribution in [-0.2, 0) is 0 Å². The number of rotatable bonds is 7. The monoisotopic (exact) mass is 504 g/mol. The molecular weight excluding hydrogens is 483 g/mol. The number of aliphatic imine (C=N–C) groups is 1. The van der Waals surface area contributed by atoms with Crippen molar-refractivity contribution in [3.8, 4) is 11.5 Å². The minimum Gasteiger partial charge on any atom is -0.493 e. The average Bonchev–Trinajstić information content (AvgIpc) is 2.65. The molecule has 2 rings (SSSR count). The van der Waals surface area contributed by atoms with Crippen molar-refractivity contribution in [2.75, 3.05) is 32.6 Å². The summed E-state index contributed by atoms with van der Waals surface area (Å²) in [4.78, 5) is 16.2. The maximum atomic E-state index is 12.0. The van der Waals surface area contributed by atoms with Gasteiger partial charge in [0.05, 0.1) is 31.4 Å². The van der Waals surface area contributed by atoms with Gasteiger partial charge in [-0.2, -0.15) is 0 Å². The molecule has 0 saturated carbocycles. The summed E-state index contributed by atoms with van der Waals surface area (Å²) >= 11 is 5.98. The third kappa shape index (κ3) is 6.79. The maximum absolute atomic E-state index is 12.0. The van der Waals surface area contributed by atoms with Crippen LogP contribution in [0.1, 0.15) is 10.4 Å². The van der Waals surface area contributed by atoms with E-state index in [1.807, 2.05) is 0 Å². The molecule has 2 aromatic rings. The smallest absolute Gasteiger partial charge is 0.252 e. The standard InChI is InChI=1S/C18H21ClN4O3.HI/c1-25-15-8-7-12(11-16(15)26-2)23-18(20)22-10-9-21-17(24)13-5-3-4-6-14(13)19;/h3-8,11H,9-10H2,1-2H3,(H,21,24)(H3,20,22,23);1H. The number of carbonyl (C=O) groups is 1. The number of nitrogens with zero attached hydrogens (tertiary/aromatic N) is 1. The second kappa shape index (κ2) is 11.5. The first-order valence-corrected chi connectivity index (χ1v) is 8.24. The predicted molar refractivity (Wildman–Crippen MR) is 119 cm³/mol. The number of benzene rings is 2. The van der Waals surface area contributed by atoms with Gasteiger partial charge < -0.3 is 25.8 Å². The van der Waals surface area contributed by atoms with E-state index in [-0.39, 0.29) is 35.8 Å². The van der Waals surface area contributed by atoms with Gasteiger partial charge in [0.2, 0.25) is 0 Å². The van der Waals surface area contributed by atoms with Gasteiger partial charge in [-0.3, -0.25) is 9.79 Å². The Hall–Kier alpha value is -2.20. The van der Waals surface area contributed by atoms with Crippen molar-refractivity contribution in [3.05, 3.63) is 53.1 Å². The second-order valence-corrected chi connectivity index (χ2v) is 5.60. The summed E-state index contributed by atoms with van der Waals surface area (Å²) in [6, 6.07) is 12.2. The van der Waals surface area contributed by atoms with E-state index in [2.05, 4.69) is 15.6 Å². The van der Waals surface area contributed by atoms with Gasteiger partial charge in [-0.05, 0) is 24.3 Å². The van der Waals surface area contributed by atoms with E-state index in [1.54, 1.807) is 56.7 Å². The molecule has 0 heterocycles. The van der Waals surface area contributed by atoms with Gasteiger partial charge in [-0.25, -0.2) is 0 Å². The van der Waals surface area contributed by atoms with Crippen molar-refractivity contribution in [1.29, 1.82) is 0 Å². The van der Waals surface area contributed by atoms with E-state index >= 15 is 0 Å². The van der Waals surface area contributed by atoms with Crippen LogP contribution in [0, 0.1) is 0 Å². The molecule has 0 aliphatic heterocycles. The van der Waals surface area contributed by atoms with E-state index in [0.29, 0.717) is 40.9 Å². The number of amides is 1. The van der Waals surface area contributed by atoms with Crippen LogP contribution in [0.15, 0.2) is 47.5 Å². The zero-order valence-electron chi connectivity index (χ0n) is 15.0. The molecule has 0 atom stereocenters. The average molecular weight is 505 g/mol. The Morgan fingerprint density at radius 2 is 1.85 bits per heavy atom. The van der Waals surface area contributed by atoms with Crippen molar-refractivity contribution in [1.82, 2.24) is 5.32 Å². The van der Waals surface area contributed by atoms with Crippen LogP contribution in [0.2, 0.25) is 5.02 Å². The van der Waals surface area contributed by atoms with Crippen molar-refractivity contribution >= 4 is 53.1 Å². The van der Waals surface area contributed by atoms with Gasteiger partial charge in [0.1, 0.15) is 0 Å². The highest BCUT2D eigenvalue weighted by Gasteiger charge is 2.08. The molecule has 0 spiro atoms. The van der Waals surface area contributed by atoms with E-state index in [4.69, 9.17) is 26.8 Å². The molecule has 1 amide bonds. The summed E-state index contributed by atoms with van der Waals surface area (Å²) < 4.78 is 10.4. The molecule has 0 fully saturated rings. The van der Waals surface area contributed by atoms with Gasteiger partial charge >= 0.3 is 0 Å². The van der Waals surface area contributed by atoms with E-state index in [1.165, 1.54) is 0 Å². The highest BCUT2D eigenvalue weighted by atomic mass is 127. The first kappa shape index (κ1) is 22.8. The Labute approximate surface area is 180 Å². The third-order valence-corrected chi connectivity index (χ3v) is 3.78. The first-order chi connectivity index (χ1) is 12.5. The highest BCUT2D eigenvalue weighted by Crippen LogP contribution is 2.29. The lowest BCUT2D eigenvalue weighted by atomic mass is 10.2. The molecule has 0 unspecified atom stereocenters. The molecular formula is C18H22ClIN4O3. The summed E-state index contributed by atoms with van der Waals surface area (Å²) in [7, 11) is 3.12. The molecule has 9 heteroatoms. The van der Waals surface area contributed by atoms with E-state index in [0.717, 1.165) is 0 Å². The van der Waals surface area contributed by atoms with Crippen molar-refractivity contribution < 1.29 is 14.3 Å². The summed E-state index contributed by atoms with van der Waals surface area (Å²) in [5, 5.41) is 6.10. The Balaban J connectivity index is 0.00000364. The molecule has 0 saturated heterocycles. The minimum atomic E-state index is -0.253. The molecule has 4 N–H and O–H groups in total. The first-order valence-electron chi connectivity index (χ1n) is 7.87. The molecule has 0 aliphatic carbocycles. The van der Waals surface area contributed by atoms with Crippen molar-refractivity contribution in [2.24, 2.45) is 10.7 Å². The lowest BCUT2D eigenvalue weighted by Gasteiger charge is -2.11. The molecule has 0 aromatic heterocycles. The van der Waals surface area contributed by atoms with Crippen LogP contribution < -0.4 is 25.8 Å². The fraction of sp³-hybridized carbons (Fsp3) is 0.222. The number of hydrogen-bond donors (Lipinski definition) is 3. The number of hydrogen-bond acceptors (Lipinski definition) is 4. The normalized spacial score (nSPS) is 10.6. The maximum Gasteiger partial charge on any atom is 0.252 e. The van der Waals surface area contributed by atoms with Gasteiger partial charge in [-0.1, -0.05) is 23.7 Å². The molecule has 0 bridgehead atoms. The topological polar surface area (TPSA) is 98.0 Å². The van der Waals surface area contributed by atoms with Crippen LogP contribution in [-0.4, -0.2) is 39.2 Å². The summed E-state index contributed by atoms with van der Waals surface area (Å²) in [5.41, 5.74) is 6.99. The third-order valence-electron chi connectivity index (χ3n) is 3.45. The highest BCUT2D eigenvalue weighted by molar-refractivity contribution is 14.0. The Morgan fingerprint density at radius 3 is 2.52 bits per heavy atom. The fourth-order valence-corrected chi connectivity index (χ4v) is 2.41. The Bertz CT molecular complexity index is 802. The van der Waals surface area contributed by atoms with E-state index < -0.39 is 0 Å². The SMILES string of the molecule is COc1ccc(NC(N)=NCCNC(=O)c2ccccc2Cl)cc1OC.I. The van der Waals surface area contributed by atoms with Crippen LogP contribution in [0.3, 0.4) is 0 Å². The lowest BCUT2D eigenvalue weighted by Crippen LogP contribution is -2.28. The molecule has 146 valence electrons. The number of carbonyl (C=O) groups excluding carboxylic acids is 1. The number of nitrogens with two attached hydrogens (primary N) is 1. The van der Waals surface area contributed by atoms with Crippen molar-refractivity contribution in [3.63, 3.8) is 0 Å². The number of methoxy groups -OCH3 is 2. The van der Waals surface area contributed by atoms with Crippen LogP contribution in [0.25, 0.3) is 0 Å². The lowest BCUT2D eigenvalue weighted by molar-refractivity contribution is 0.0955. The molecule has 7 nitrogen and oxygen atoms in total. The van der Waals surface area contributed by atoms with Gasteiger partial charge in [0.15, 0.2) is 17.5 Å².